The molecular formula is C37H24N4. The third-order valence-corrected chi connectivity index (χ3v) is 8.28. The summed E-state index contributed by atoms with van der Waals surface area (Å²) in [5, 5.41) is 0. The smallest absolute Gasteiger partial charge is 0.220 e. The van der Waals surface area contributed by atoms with Crippen molar-refractivity contribution in [3.63, 3.8) is 0 Å². The summed E-state index contributed by atoms with van der Waals surface area (Å²) < 4.78 is 28.7. The summed E-state index contributed by atoms with van der Waals surface area (Å²) in [6, 6.07) is 41.3. The van der Waals surface area contributed by atoms with Gasteiger partial charge in [0.15, 0.2) is 0 Å². The van der Waals surface area contributed by atoms with Crippen LogP contribution in [-0.2, 0) is 0 Å². The van der Waals surface area contributed by atoms with E-state index in [1.807, 2.05) is 30.5 Å². The molecule has 4 heteroatoms. The van der Waals surface area contributed by atoms with Gasteiger partial charge in [-0.15, -0.1) is 0 Å². The maximum atomic E-state index is 8.16. The maximum absolute atomic E-state index is 8.16. The third-order valence-electron chi connectivity index (χ3n) is 8.28. The van der Waals surface area contributed by atoms with E-state index in [0.717, 1.165) is 66.9 Å². The fraction of sp³-hybridized carbons (Fsp3) is 0.0270. The molecule has 0 spiro atoms. The topological polar surface area (TPSA) is 35.1 Å². The van der Waals surface area contributed by atoms with Crippen molar-refractivity contribution in [3.8, 4) is 50.3 Å². The molecule has 0 fully saturated rings. The number of hydrogen-bond donors (Lipinski definition) is 0. The first-order chi connectivity index (χ1) is 21.5. The highest BCUT2D eigenvalue weighted by Crippen LogP contribution is 2.47. The second-order valence-corrected chi connectivity index (χ2v) is 10.5. The monoisotopic (exact) mass is 527 g/mol. The Bertz CT molecular complexity index is 2440. The molecule has 3 heterocycles. The van der Waals surface area contributed by atoms with E-state index in [1.165, 1.54) is 0 Å². The minimum Gasteiger partial charge on any atom is -0.278 e. The average molecular weight is 528 g/mol. The number of aryl methyl sites for hydroxylation is 1. The molecule has 9 rings (SSSR count). The molecule has 4 nitrogen and oxygen atoms in total. The molecule has 192 valence electrons. The Hall–Kier alpha value is -5.48. The normalized spacial score (nSPS) is 13.4. The van der Waals surface area contributed by atoms with Crippen LogP contribution in [0.3, 0.4) is 0 Å². The largest absolute Gasteiger partial charge is 0.278 e. The van der Waals surface area contributed by atoms with Crippen LogP contribution in [0.5, 0.6) is 0 Å². The van der Waals surface area contributed by atoms with Crippen LogP contribution in [0.1, 0.15) is 9.68 Å². The molecule has 0 amide bonds. The zero-order valence-corrected chi connectivity index (χ0v) is 21.9. The Labute approximate surface area is 241 Å². The van der Waals surface area contributed by atoms with E-state index in [-0.39, 0.29) is 5.56 Å². The van der Waals surface area contributed by atoms with Gasteiger partial charge in [-0.25, -0.2) is 4.98 Å². The Morgan fingerprint density at radius 2 is 1.22 bits per heavy atom. The zero-order chi connectivity index (χ0) is 29.6. The molecule has 8 aromatic rings. The van der Waals surface area contributed by atoms with Gasteiger partial charge in [-0.1, -0.05) is 84.9 Å². The van der Waals surface area contributed by atoms with Gasteiger partial charge in [-0.2, -0.15) is 0 Å². The van der Waals surface area contributed by atoms with Crippen molar-refractivity contribution in [2.75, 3.05) is 0 Å². The van der Waals surface area contributed by atoms with Crippen molar-refractivity contribution in [2.24, 2.45) is 0 Å². The van der Waals surface area contributed by atoms with Gasteiger partial charge in [0, 0.05) is 27.1 Å². The van der Waals surface area contributed by atoms with Gasteiger partial charge in [0.2, 0.25) is 5.78 Å². The molecule has 0 radical (unpaired) electrons. The van der Waals surface area contributed by atoms with Crippen LogP contribution >= 0.6 is 0 Å². The Kier molecular flexibility index (Phi) is 3.94. The lowest BCUT2D eigenvalue weighted by atomic mass is 9.82. The van der Waals surface area contributed by atoms with Gasteiger partial charge in [-0.05, 0) is 76.6 Å². The maximum Gasteiger partial charge on any atom is 0.220 e. The van der Waals surface area contributed by atoms with Crippen molar-refractivity contribution in [3.05, 3.63) is 133 Å². The fourth-order valence-electron chi connectivity index (χ4n) is 6.52. The standard InChI is InChI=1S/C37H24N4/c1-23-10-8-18-34-35(23)39-37-40(32-16-6-7-17-33(32)41(34)37)24-19-20-28-30-15-9-21-38-36(30)29-14-5-4-12-26(29)25-11-2-3-13-27(25)31(28)22-24/h2-22H,1H3/i1D3. The zero-order valence-electron chi connectivity index (χ0n) is 24.9. The number of benzene rings is 5. The number of aromatic nitrogens is 4. The highest BCUT2D eigenvalue weighted by molar-refractivity contribution is 6.03. The summed E-state index contributed by atoms with van der Waals surface area (Å²) in [5.41, 5.74) is 13.2. The molecule has 0 N–H and O–H groups in total. The summed E-state index contributed by atoms with van der Waals surface area (Å²) in [4.78, 5) is 9.88. The van der Waals surface area contributed by atoms with Gasteiger partial charge in [0.1, 0.15) is 0 Å². The number of imidazole rings is 2. The highest BCUT2D eigenvalue weighted by atomic mass is 15.2. The molecule has 0 saturated heterocycles. The minimum atomic E-state index is -2.27. The van der Waals surface area contributed by atoms with E-state index in [0.29, 0.717) is 11.3 Å². The SMILES string of the molecule is [2H]C([2H])([2H])c1cccc2c1nc1n(-c3ccc4c(c3)-c3ccccc3-c3ccccc3-c3ncccc3-4)c3ccccc3n21. The highest BCUT2D eigenvalue weighted by Gasteiger charge is 2.24. The van der Waals surface area contributed by atoms with Crippen molar-refractivity contribution in [1.82, 2.24) is 18.9 Å². The van der Waals surface area contributed by atoms with Gasteiger partial charge >= 0.3 is 0 Å². The fourth-order valence-corrected chi connectivity index (χ4v) is 6.52. The van der Waals surface area contributed by atoms with E-state index in [2.05, 4.69) is 93.9 Å². The van der Waals surface area contributed by atoms with Crippen LogP contribution in [0.25, 0.3) is 78.2 Å². The number of nitrogens with zero attached hydrogens (tertiary/aromatic N) is 4. The molecule has 0 bridgehead atoms. The third kappa shape index (κ3) is 3.04. The van der Waals surface area contributed by atoms with Crippen molar-refractivity contribution < 1.29 is 4.11 Å². The van der Waals surface area contributed by atoms with E-state index >= 15 is 0 Å². The Balaban J connectivity index is 1.39. The molecule has 0 atom stereocenters. The van der Waals surface area contributed by atoms with Gasteiger partial charge in [0.25, 0.3) is 0 Å². The quantitative estimate of drug-likeness (QED) is 0.213. The molecule has 0 aliphatic heterocycles. The summed E-state index contributed by atoms with van der Waals surface area (Å²) in [7, 11) is 0. The molecule has 3 aromatic heterocycles. The van der Waals surface area contributed by atoms with Gasteiger partial charge < -0.3 is 0 Å². The lowest BCUT2D eigenvalue weighted by Gasteiger charge is -2.23. The van der Waals surface area contributed by atoms with E-state index < -0.39 is 6.85 Å². The van der Waals surface area contributed by atoms with E-state index in [4.69, 9.17) is 14.1 Å². The second-order valence-electron chi connectivity index (χ2n) is 10.5. The number of hydrogen-bond acceptors (Lipinski definition) is 2. The average Bonchev–Trinajstić information content (AvgIpc) is 3.58. The first-order valence-electron chi connectivity index (χ1n) is 15.2. The molecular weight excluding hydrogens is 500 g/mol. The van der Waals surface area contributed by atoms with E-state index in [1.54, 1.807) is 12.1 Å². The molecule has 0 saturated carbocycles. The summed E-state index contributed by atoms with van der Waals surface area (Å²) >= 11 is 0. The number of fused-ring (bicyclic) bond motifs is 13. The van der Waals surface area contributed by atoms with Crippen molar-refractivity contribution in [1.29, 1.82) is 0 Å². The molecule has 1 aliphatic carbocycles. The Morgan fingerprint density at radius 3 is 2.05 bits per heavy atom. The predicted octanol–water partition coefficient (Wildman–Crippen LogP) is 9.12. The van der Waals surface area contributed by atoms with Crippen LogP contribution in [0.15, 0.2) is 128 Å². The van der Waals surface area contributed by atoms with Gasteiger partial charge in [0.05, 0.1) is 27.8 Å². The molecule has 1 aliphatic rings. The van der Waals surface area contributed by atoms with Crippen LogP contribution in [-0.4, -0.2) is 18.9 Å². The van der Waals surface area contributed by atoms with Crippen LogP contribution < -0.4 is 0 Å². The minimum absolute atomic E-state index is 0.254. The van der Waals surface area contributed by atoms with Crippen molar-refractivity contribution in [2.45, 2.75) is 6.85 Å². The van der Waals surface area contributed by atoms with Crippen molar-refractivity contribution >= 4 is 27.8 Å². The van der Waals surface area contributed by atoms with Gasteiger partial charge in [-0.3, -0.25) is 14.0 Å². The van der Waals surface area contributed by atoms with Crippen LogP contribution in [0.4, 0.5) is 0 Å². The molecule has 5 aromatic carbocycles. The number of pyridine rings is 1. The second kappa shape index (κ2) is 8.26. The first kappa shape index (κ1) is 19.6. The van der Waals surface area contributed by atoms with Crippen LogP contribution in [0, 0.1) is 6.85 Å². The summed E-state index contributed by atoms with van der Waals surface area (Å²) in [6.07, 6.45) is 1.86. The summed E-state index contributed by atoms with van der Waals surface area (Å²) in [5.74, 6) is 0.671. The molecule has 41 heavy (non-hydrogen) atoms. The predicted molar refractivity (Wildman–Crippen MR) is 167 cm³/mol. The number of para-hydroxylation sites is 3. The van der Waals surface area contributed by atoms with Crippen LogP contribution in [0.2, 0.25) is 0 Å². The first-order valence-corrected chi connectivity index (χ1v) is 13.7. The number of rotatable bonds is 1. The lowest BCUT2D eigenvalue weighted by Crippen LogP contribution is -2.01. The molecule has 0 unspecified atom stereocenters. The lowest BCUT2D eigenvalue weighted by molar-refractivity contribution is 1.11. The summed E-state index contributed by atoms with van der Waals surface area (Å²) in [6.45, 7) is -2.27. The van der Waals surface area contributed by atoms with E-state index in [9.17, 15) is 0 Å². The Morgan fingerprint density at radius 1 is 0.561 bits per heavy atom.